The number of nitrogens with zero attached hydrogens (tertiary/aromatic N) is 3. The van der Waals surface area contributed by atoms with Gasteiger partial charge in [-0.2, -0.15) is 0 Å². The van der Waals surface area contributed by atoms with Crippen LogP contribution in [0.4, 0.5) is 0 Å². The van der Waals surface area contributed by atoms with Crippen molar-refractivity contribution in [2.75, 3.05) is 19.7 Å². The van der Waals surface area contributed by atoms with Crippen LogP contribution in [-0.4, -0.2) is 57.4 Å². The van der Waals surface area contributed by atoms with Crippen molar-refractivity contribution in [1.82, 2.24) is 19.8 Å². The van der Waals surface area contributed by atoms with Crippen molar-refractivity contribution < 1.29 is 14.3 Å². The molecule has 0 spiro atoms. The minimum atomic E-state index is -0.370. The van der Waals surface area contributed by atoms with Gasteiger partial charge < -0.3 is 19.5 Å². The number of aryl methyl sites for hydroxylation is 1. The second kappa shape index (κ2) is 8.20. The number of H-pyrrole nitrogens is 1. The summed E-state index contributed by atoms with van der Waals surface area (Å²) in [6.45, 7) is 4.05. The molecule has 0 radical (unpaired) electrons. The quantitative estimate of drug-likeness (QED) is 0.786. The molecule has 2 fully saturated rings. The van der Waals surface area contributed by atoms with E-state index in [4.69, 9.17) is 9.72 Å². The number of hydrogen-bond donors (Lipinski definition) is 1. The Balaban J connectivity index is 1.37. The van der Waals surface area contributed by atoms with Gasteiger partial charge in [0.1, 0.15) is 11.9 Å². The summed E-state index contributed by atoms with van der Waals surface area (Å²) >= 11 is 1.47. The molecule has 1 N–H and O–H groups in total. The zero-order chi connectivity index (χ0) is 21.5. The number of thiophene rings is 1. The van der Waals surface area contributed by atoms with Gasteiger partial charge in [0.05, 0.1) is 28.7 Å². The summed E-state index contributed by atoms with van der Waals surface area (Å²) in [6.07, 6.45) is 3.49. The normalized spacial score (nSPS) is 23.3. The van der Waals surface area contributed by atoms with Crippen LogP contribution in [0.5, 0.6) is 0 Å². The SMILES string of the molecule is Cc1ccc(C(=O)N2CCc3nc([C@@H]4CCCN4C(=O)[C@@H]4CCCO4)[nH]c(=O)c3C2)s1. The summed E-state index contributed by atoms with van der Waals surface area (Å²) in [4.78, 5) is 51.6. The van der Waals surface area contributed by atoms with E-state index < -0.39 is 0 Å². The molecule has 2 amide bonds. The Bertz CT molecular complexity index is 1070. The highest BCUT2D eigenvalue weighted by Gasteiger charge is 2.37. The van der Waals surface area contributed by atoms with E-state index in [1.54, 1.807) is 4.90 Å². The maximum Gasteiger partial charge on any atom is 0.264 e. The van der Waals surface area contributed by atoms with Crippen LogP contribution in [0.3, 0.4) is 0 Å². The van der Waals surface area contributed by atoms with Crippen LogP contribution < -0.4 is 5.56 Å². The molecule has 5 heterocycles. The third kappa shape index (κ3) is 3.80. The second-order valence-corrected chi connectivity index (χ2v) is 9.74. The number of carbonyl (C=O) groups is 2. The fraction of sp³-hybridized carbons (Fsp3) is 0.545. The number of nitrogens with one attached hydrogen (secondary N) is 1. The first-order valence-electron chi connectivity index (χ1n) is 10.9. The van der Waals surface area contributed by atoms with Gasteiger partial charge in [-0.05, 0) is 44.7 Å². The summed E-state index contributed by atoms with van der Waals surface area (Å²) in [5.41, 5.74) is 1.07. The molecular weight excluding hydrogens is 416 g/mol. The molecular formula is C22H26N4O4S. The predicted molar refractivity (Wildman–Crippen MR) is 115 cm³/mol. The summed E-state index contributed by atoms with van der Waals surface area (Å²) in [7, 11) is 0. The Morgan fingerprint density at radius 1 is 1.23 bits per heavy atom. The zero-order valence-electron chi connectivity index (χ0n) is 17.6. The lowest BCUT2D eigenvalue weighted by Gasteiger charge is -2.29. The number of ether oxygens (including phenoxy) is 1. The molecule has 2 aromatic rings. The van der Waals surface area contributed by atoms with Crippen LogP contribution in [0.1, 0.15) is 63.4 Å². The van der Waals surface area contributed by atoms with E-state index in [1.165, 1.54) is 11.3 Å². The highest BCUT2D eigenvalue weighted by Crippen LogP contribution is 2.32. The number of carbonyl (C=O) groups excluding carboxylic acids is 2. The molecule has 9 heteroatoms. The maximum atomic E-state index is 12.9. The molecule has 2 aromatic heterocycles. The number of fused-ring (bicyclic) bond motifs is 1. The Morgan fingerprint density at radius 3 is 2.84 bits per heavy atom. The summed E-state index contributed by atoms with van der Waals surface area (Å²) in [5, 5.41) is 0. The first kappa shape index (κ1) is 20.4. The molecule has 0 bridgehead atoms. The van der Waals surface area contributed by atoms with E-state index in [0.29, 0.717) is 42.4 Å². The second-order valence-electron chi connectivity index (χ2n) is 8.45. The maximum absolute atomic E-state index is 12.9. The number of aromatic amines is 1. The van der Waals surface area contributed by atoms with Crippen LogP contribution in [0.25, 0.3) is 0 Å². The number of aromatic nitrogens is 2. The van der Waals surface area contributed by atoms with E-state index in [0.717, 1.165) is 36.3 Å². The number of likely N-dealkylation sites (tertiary alicyclic amines) is 1. The third-order valence-corrected chi connectivity index (χ3v) is 7.37. The van der Waals surface area contributed by atoms with Gasteiger partial charge >= 0.3 is 0 Å². The van der Waals surface area contributed by atoms with E-state index in [9.17, 15) is 14.4 Å². The topological polar surface area (TPSA) is 95.6 Å². The number of amides is 2. The minimum absolute atomic E-state index is 0.00313. The van der Waals surface area contributed by atoms with Crippen LogP contribution in [-0.2, 0) is 22.5 Å². The van der Waals surface area contributed by atoms with Crippen LogP contribution in [0.2, 0.25) is 0 Å². The largest absolute Gasteiger partial charge is 0.368 e. The molecule has 0 aromatic carbocycles. The van der Waals surface area contributed by atoms with Gasteiger partial charge in [0.2, 0.25) is 0 Å². The molecule has 3 aliphatic rings. The lowest BCUT2D eigenvalue weighted by Crippen LogP contribution is -2.41. The fourth-order valence-electron chi connectivity index (χ4n) is 4.75. The summed E-state index contributed by atoms with van der Waals surface area (Å²) in [5.74, 6) is 0.515. The lowest BCUT2D eigenvalue weighted by molar-refractivity contribution is -0.142. The van der Waals surface area contributed by atoms with Gasteiger partial charge in [-0.15, -0.1) is 11.3 Å². The monoisotopic (exact) mass is 442 g/mol. The van der Waals surface area contributed by atoms with Gasteiger partial charge in [-0.1, -0.05) is 0 Å². The molecule has 5 rings (SSSR count). The van der Waals surface area contributed by atoms with Gasteiger partial charge in [0.25, 0.3) is 17.4 Å². The van der Waals surface area contributed by atoms with Crippen molar-refractivity contribution >= 4 is 23.2 Å². The van der Waals surface area contributed by atoms with E-state index in [-0.39, 0.29) is 36.1 Å². The first-order chi connectivity index (χ1) is 15.0. The van der Waals surface area contributed by atoms with Gasteiger partial charge in [-0.25, -0.2) is 4.98 Å². The van der Waals surface area contributed by atoms with Crippen molar-refractivity contribution in [2.45, 2.75) is 57.7 Å². The smallest absolute Gasteiger partial charge is 0.264 e. The van der Waals surface area contributed by atoms with Gasteiger partial charge in [-0.3, -0.25) is 14.4 Å². The lowest BCUT2D eigenvalue weighted by atomic mass is 10.1. The predicted octanol–water partition coefficient (Wildman–Crippen LogP) is 2.18. The molecule has 31 heavy (non-hydrogen) atoms. The van der Waals surface area contributed by atoms with E-state index in [1.807, 2.05) is 24.0 Å². The van der Waals surface area contributed by atoms with E-state index >= 15 is 0 Å². The number of rotatable bonds is 3. The first-order valence-corrected chi connectivity index (χ1v) is 11.7. The minimum Gasteiger partial charge on any atom is -0.368 e. The summed E-state index contributed by atoms with van der Waals surface area (Å²) in [6, 6.07) is 3.55. The van der Waals surface area contributed by atoms with Crippen LogP contribution in [0, 0.1) is 6.92 Å². The fourth-order valence-corrected chi connectivity index (χ4v) is 5.59. The molecule has 2 atom stereocenters. The molecule has 3 aliphatic heterocycles. The molecule has 8 nitrogen and oxygen atoms in total. The Kier molecular flexibility index (Phi) is 5.39. The van der Waals surface area contributed by atoms with E-state index in [2.05, 4.69) is 4.98 Å². The molecule has 164 valence electrons. The van der Waals surface area contributed by atoms with Crippen molar-refractivity contribution in [2.24, 2.45) is 0 Å². The van der Waals surface area contributed by atoms with Gasteiger partial charge in [0.15, 0.2) is 0 Å². The van der Waals surface area contributed by atoms with Crippen molar-refractivity contribution in [3.05, 3.63) is 49.3 Å². The highest BCUT2D eigenvalue weighted by atomic mass is 32.1. The van der Waals surface area contributed by atoms with Crippen molar-refractivity contribution in [3.8, 4) is 0 Å². The zero-order valence-corrected chi connectivity index (χ0v) is 18.4. The Labute approximate surface area is 184 Å². The third-order valence-electron chi connectivity index (χ3n) is 6.38. The van der Waals surface area contributed by atoms with Gasteiger partial charge in [0, 0.05) is 31.0 Å². The number of hydrogen-bond acceptors (Lipinski definition) is 6. The van der Waals surface area contributed by atoms with Crippen LogP contribution >= 0.6 is 11.3 Å². The standard InChI is InChI=1S/C22H26N4O4S/c1-13-6-7-18(31-13)22(29)25-10-8-15-14(12-25)20(27)24-19(23-15)16-4-2-9-26(16)21(28)17-5-3-11-30-17/h6-7,16-17H,2-5,8-12H2,1H3,(H,23,24,27)/t16-,17-/m0/s1. The van der Waals surface area contributed by atoms with Crippen molar-refractivity contribution in [1.29, 1.82) is 0 Å². The molecule has 0 unspecified atom stereocenters. The average Bonchev–Trinajstić information content (AvgIpc) is 3.54. The Morgan fingerprint density at radius 2 is 2.10 bits per heavy atom. The van der Waals surface area contributed by atoms with Crippen LogP contribution in [0.15, 0.2) is 16.9 Å². The molecule has 0 aliphatic carbocycles. The molecule has 2 saturated heterocycles. The average molecular weight is 443 g/mol. The Hall–Kier alpha value is -2.52. The van der Waals surface area contributed by atoms with Crippen molar-refractivity contribution in [3.63, 3.8) is 0 Å². The summed E-state index contributed by atoms with van der Waals surface area (Å²) < 4.78 is 5.58. The highest BCUT2D eigenvalue weighted by molar-refractivity contribution is 7.13. The molecule has 0 saturated carbocycles.